The van der Waals surface area contributed by atoms with E-state index in [2.05, 4.69) is 9.97 Å². The Balaban J connectivity index is 2.75. The molecule has 0 radical (unpaired) electrons. The number of nitrogens with one attached hydrogen (secondary N) is 1. The summed E-state index contributed by atoms with van der Waals surface area (Å²) in [5.41, 5.74) is 6.41. The fraction of sp³-hybridized carbons (Fsp3) is 0.375. The maximum Gasteiger partial charge on any atom is 0.173 e. The number of anilines is 1. The van der Waals surface area contributed by atoms with Crippen LogP contribution in [0.15, 0.2) is 12.4 Å². The van der Waals surface area contributed by atoms with Crippen LogP contribution in [0, 0.1) is 5.41 Å². The summed E-state index contributed by atoms with van der Waals surface area (Å²) in [7, 11) is 0. The van der Waals surface area contributed by atoms with Gasteiger partial charge in [0.2, 0.25) is 0 Å². The van der Waals surface area contributed by atoms with Gasteiger partial charge in [0.1, 0.15) is 0 Å². The number of aromatic nitrogens is 2. The molecule has 3 N–H and O–H groups in total. The topological polar surface area (TPSA) is 75.7 Å². The van der Waals surface area contributed by atoms with Gasteiger partial charge in [0.05, 0.1) is 23.8 Å². The van der Waals surface area contributed by atoms with Gasteiger partial charge in [-0.05, 0) is 6.42 Å². The highest BCUT2D eigenvalue weighted by Gasteiger charge is 2.01. The second-order valence-electron chi connectivity index (χ2n) is 2.57. The van der Waals surface area contributed by atoms with Gasteiger partial charge in [-0.1, -0.05) is 13.3 Å². The second-order valence-corrected chi connectivity index (χ2v) is 2.57. The molecular weight excluding hydrogens is 152 g/mol. The van der Waals surface area contributed by atoms with Crippen molar-refractivity contribution in [2.45, 2.75) is 19.8 Å². The number of nitrogens with zero attached hydrogens (tertiary/aromatic N) is 2. The predicted molar refractivity (Wildman–Crippen MR) is 48.2 cm³/mol. The molecule has 0 spiro atoms. The smallest absolute Gasteiger partial charge is 0.173 e. The zero-order valence-electron chi connectivity index (χ0n) is 7.04. The zero-order chi connectivity index (χ0) is 8.97. The first-order chi connectivity index (χ1) is 5.74. The van der Waals surface area contributed by atoms with Crippen molar-refractivity contribution in [3.8, 4) is 0 Å². The van der Waals surface area contributed by atoms with Crippen molar-refractivity contribution in [2.75, 3.05) is 5.73 Å². The van der Waals surface area contributed by atoms with Crippen LogP contribution in [-0.2, 0) is 0 Å². The van der Waals surface area contributed by atoms with E-state index in [1.165, 1.54) is 12.4 Å². The van der Waals surface area contributed by atoms with E-state index in [9.17, 15) is 0 Å². The largest absolute Gasteiger partial charge is 0.396 e. The van der Waals surface area contributed by atoms with E-state index >= 15 is 0 Å². The fourth-order valence-corrected chi connectivity index (χ4v) is 0.856. The molecule has 0 amide bonds. The van der Waals surface area contributed by atoms with Gasteiger partial charge in [0, 0.05) is 0 Å². The molecule has 0 fully saturated rings. The summed E-state index contributed by atoms with van der Waals surface area (Å²) >= 11 is 0. The average molecular weight is 164 g/mol. The summed E-state index contributed by atoms with van der Waals surface area (Å²) in [5.74, 6) is 0.478. The van der Waals surface area contributed by atoms with Crippen LogP contribution in [0.2, 0.25) is 0 Å². The van der Waals surface area contributed by atoms with Crippen molar-refractivity contribution in [2.24, 2.45) is 0 Å². The number of rotatable bonds is 3. The van der Waals surface area contributed by atoms with Gasteiger partial charge in [-0.15, -0.1) is 0 Å². The van der Waals surface area contributed by atoms with Crippen LogP contribution in [0.1, 0.15) is 25.6 Å². The first-order valence-electron chi connectivity index (χ1n) is 3.89. The van der Waals surface area contributed by atoms with Crippen molar-refractivity contribution in [1.82, 2.24) is 9.97 Å². The summed E-state index contributed by atoms with van der Waals surface area (Å²) in [6, 6.07) is 0. The summed E-state index contributed by atoms with van der Waals surface area (Å²) in [6.07, 6.45) is 4.69. The molecular formula is C8H12N4. The van der Waals surface area contributed by atoms with Crippen LogP contribution in [0.25, 0.3) is 0 Å². The zero-order valence-corrected chi connectivity index (χ0v) is 7.04. The molecule has 0 aliphatic heterocycles. The van der Waals surface area contributed by atoms with Gasteiger partial charge in [0.25, 0.3) is 0 Å². The third-order valence-electron chi connectivity index (χ3n) is 1.44. The third-order valence-corrected chi connectivity index (χ3v) is 1.44. The Morgan fingerprint density at radius 2 is 2.08 bits per heavy atom. The van der Waals surface area contributed by atoms with Crippen LogP contribution >= 0.6 is 0 Å². The summed E-state index contributed by atoms with van der Waals surface area (Å²) in [6.45, 7) is 2.02. The Hall–Kier alpha value is -1.45. The van der Waals surface area contributed by atoms with Gasteiger partial charge < -0.3 is 11.1 Å². The maximum atomic E-state index is 7.53. The first kappa shape index (κ1) is 8.64. The van der Waals surface area contributed by atoms with E-state index in [1.54, 1.807) is 0 Å². The van der Waals surface area contributed by atoms with Crippen LogP contribution in [-0.4, -0.2) is 15.7 Å². The highest BCUT2D eigenvalue weighted by molar-refractivity contribution is 5.94. The highest BCUT2D eigenvalue weighted by atomic mass is 14.9. The molecule has 1 aromatic rings. The van der Waals surface area contributed by atoms with Crippen LogP contribution in [0.5, 0.6) is 0 Å². The molecule has 0 saturated heterocycles. The Labute approximate surface area is 71.4 Å². The minimum Gasteiger partial charge on any atom is -0.396 e. The standard InChI is InChI=1S/C8H12N4/c1-2-3-7(10)8-11-4-6(9)5-12-8/h4-5,10H,2-3,9H2,1H3. The van der Waals surface area contributed by atoms with Gasteiger partial charge in [-0.25, -0.2) is 9.97 Å². The molecule has 64 valence electrons. The SMILES string of the molecule is CCCC(=N)c1ncc(N)cn1. The lowest BCUT2D eigenvalue weighted by molar-refractivity contribution is 0.966. The maximum absolute atomic E-state index is 7.53. The molecule has 0 unspecified atom stereocenters. The van der Waals surface area contributed by atoms with Crippen molar-refractivity contribution < 1.29 is 0 Å². The normalized spacial score (nSPS) is 9.75. The van der Waals surface area contributed by atoms with Crippen molar-refractivity contribution in [3.63, 3.8) is 0 Å². The lowest BCUT2D eigenvalue weighted by Gasteiger charge is -1.99. The van der Waals surface area contributed by atoms with E-state index in [-0.39, 0.29) is 0 Å². The quantitative estimate of drug-likeness (QED) is 0.659. The molecule has 0 aromatic carbocycles. The lowest BCUT2D eigenvalue weighted by Crippen LogP contribution is -2.05. The Morgan fingerprint density at radius 3 is 2.58 bits per heavy atom. The minimum absolute atomic E-state index is 0.470. The first-order valence-corrected chi connectivity index (χ1v) is 3.89. The lowest BCUT2D eigenvalue weighted by atomic mass is 10.2. The van der Waals surface area contributed by atoms with Gasteiger partial charge in [-0.3, -0.25) is 0 Å². The van der Waals surface area contributed by atoms with E-state index < -0.39 is 0 Å². The molecule has 12 heavy (non-hydrogen) atoms. The highest BCUT2D eigenvalue weighted by Crippen LogP contribution is 2.00. The molecule has 0 saturated carbocycles. The van der Waals surface area contributed by atoms with Gasteiger partial charge in [0.15, 0.2) is 5.82 Å². The van der Waals surface area contributed by atoms with Crippen molar-refractivity contribution >= 4 is 11.4 Å². The molecule has 1 heterocycles. The molecule has 0 bridgehead atoms. The summed E-state index contributed by atoms with van der Waals surface area (Å²) < 4.78 is 0. The minimum atomic E-state index is 0.470. The van der Waals surface area contributed by atoms with Gasteiger partial charge in [-0.2, -0.15) is 0 Å². The molecule has 1 aromatic heterocycles. The summed E-state index contributed by atoms with van der Waals surface area (Å²) in [4.78, 5) is 7.87. The molecule has 4 heteroatoms. The molecule has 4 nitrogen and oxygen atoms in total. The molecule has 0 aliphatic rings. The second kappa shape index (κ2) is 3.80. The summed E-state index contributed by atoms with van der Waals surface area (Å²) in [5, 5.41) is 7.53. The molecule has 1 rings (SSSR count). The van der Waals surface area contributed by atoms with E-state index in [1.807, 2.05) is 6.92 Å². The number of hydrogen-bond donors (Lipinski definition) is 2. The third kappa shape index (κ3) is 2.02. The van der Waals surface area contributed by atoms with E-state index in [4.69, 9.17) is 11.1 Å². The van der Waals surface area contributed by atoms with Crippen LogP contribution in [0.4, 0.5) is 5.69 Å². The Bertz CT molecular complexity index is 265. The Morgan fingerprint density at radius 1 is 1.50 bits per heavy atom. The van der Waals surface area contributed by atoms with Crippen molar-refractivity contribution in [1.29, 1.82) is 5.41 Å². The monoisotopic (exact) mass is 164 g/mol. The fourth-order valence-electron chi connectivity index (χ4n) is 0.856. The van der Waals surface area contributed by atoms with Gasteiger partial charge >= 0.3 is 0 Å². The Kier molecular flexibility index (Phi) is 2.74. The average Bonchev–Trinajstić information content (AvgIpc) is 2.06. The predicted octanol–water partition coefficient (Wildman–Crippen LogP) is 1.23. The van der Waals surface area contributed by atoms with Crippen molar-refractivity contribution in [3.05, 3.63) is 18.2 Å². The van der Waals surface area contributed by atoms with E-state index in [0.29, 0.717) is 23.6 Å². The van der Waals surface area contributed by atoms with E-state index in [0.717, 1.165) is 6.42 Å². The number of nitrogens with two attached hydrogens (primary N) is 1. The number of hydrogen-bond acceptors (Lipinski definition) is 4. The molecule has 0 aliphatic carbocycles. The van der Waals surface area contributed by atoms with Crippen LogP contribution < -0.4 is 5.73 Å². The molecule has 0 atom stereocenters. The number of nitrogen functional groups attached to an aromatic ring is 1. The van der Waals surface area contributed by atoms with Crippen LogP contribution in [0.3, 0.4) is 0 Å².